The predicted octanol–water partition coefficient (Wildman–Crippen LogP) is 3.13. The molecular formula is C19H13NO4. The van der Waals surface area contributed by atoms with E-state index in [-0.39, 0.29) is 11.0 Å². The van der Waals surface area contributed by atoms with Gasteiger partial charge in [0, 0.05) is 10.7 Å². The van der Waals surface area contributed by atoms with Crippen LogP contribution in [-0.2, 0) is 11.2 Å². The van der Waals surface area contributed by atoms with E-state index in [0.717, 1.165) is 27.1 Å². The second-order valence-electron chi connectivity index (χ2n) is 5.60. The molecule has 4 rings (SSSR count). The lowest BCUT2D eigenvalue weighted by Crippen LogP contribution is -2.17. The molecule has 1 amide bonds. The summed E-state index contributed by atoms with van der Waals surface area (Å²) in [6.07, 6.45) is 1.93. The molecule has 0 saturated carbocycles. The Bertz CT molecular complexity index is 1050. The first-order valence-corrected chi connectivity index (χ1v) is 7.25. The number of allylic oxidation sites excluding steroid dienone is 1. The number of ketones is 1. The first-order chi connectivity index (χ1) is 11.2. The van der Waals surface area contributed by atoms with Crippen LogP contribution in [0.5, 0.6) is 0 Å². The highest BCUT2D eigenvalue weighted by molar-refractivity contribution is 6.27. The fourth-order valence-corrected chi connectivity index (χ4v) is 3.10. The molecule has 3 aromatic carbocycles. The lowest BCUT2D eigenvalue weighted by Gasteiger charge is -2.15. The van der Waals surface area contributed by atoms with E-state index < -0.39 is 11.7 Å². The van der Waals surface area contributed by atoms with Crippen LogP contribution in [0.25, 0.3) is 21.5 Å². The second kappa shape index (κ2) is 5.79. The van der Waals surface area contributed by atoms with Crippen LogP contribution in [-0.4, -0.2) is 17.2 Å². The van der Waals surface area contributed by atoms with Gasteiger partial charge in [-0.1, -0.05) is 36.4 Å². The Morgan fingerprint density at radius 2 is 1.54 bits per heavy atom. The first-order valence-electron chi connectivity index (χ1n) is 7.25. The maximum Gasteiger partial charge on any atom is 0.320 e. The van der Waals surface area contributed by atoms with Crippen molar-refractivity contribution < 1.29 is 15.1 Å². The average Bonchev–Trinajstić information content (AvgIpc) is 2.58. The monoisotopic (exact) mass is 319 g/mol. The minimum absolute atomic E-state index is 0. The van der Waals surface area contributed by atoms with Crippen molar-refractivity contribution in [2.75, 3.05) is 0 Å². The molecule has 5 nitrogen and oxygen atoms in total. The van der Waals surface area contributed by atoms with Crippen molar-refractivity contribution in [2.24, 2.45) is 5.18 Å². The molecule has 0 unspecified atom stereocenters. The highest BCUT2D eigenvalue weighted by Crippen LogP contribution is 2.30. The zero-order chi connectivity index (χ0) is 16.0. The van der Waals surface area contributed by atoms with Gasteiger partial charge in [-0.25, -0.2) is 0 Å². The number of nitroso groups, excluding NO2 is 1. The average molecular weight is 319 g/mol. The van der Waals surface area contributed by atoms with Crippen molar-refractivity contribution in [1.29, 1.82) is 0 Å². The van der Waals surface area contributed by atoms with Crippen LogP contribution >= 0.6 is 0 Å². The summed E-state index contributed by atoms with van der Waals surface area (Å²) >= 11 is 0. The lowest BCUT2D eigenvalue weighted by atomic mass is 9.87. The Kier molecular flexibility index (Phi) is 3.79. The fraction of sp³-hybridized carbons (Fsp3) is 0.0526. The molecule has 5 heteroatoms. The van der Waals surface area contributed by atoms with Gasteiger partial charge in [0.25, 0.3) is 0 Å². The van der Waals surface area contributed by atoms with Gasteiger partial charge in [0.05, 0.1) is 5.57 Å². The highest BCUT2D eigenvalue weighted by atomic mass is 16.3. The molecule has 1 aliphatic carbocycles. The Morgan fingerprint density at radius 1 is 0.917 bits per heavy atom. The SMILES string of the molecule is O.O=NC(=O)C1=CCc2cc3cc4ccccc4cc3cc2C1=O. The number of amides is 1. The summed E-state index contributed by atoms with van der Waals surface area (Å²) in [6, 6.07) is 15.9. The van der Waals surface area contributed by atoms with Gasteiger partial charge < -0.3 is 5.48 Å². The van der Waals surface area contributed by atoms with Crippen molar-refractivity contribution in [3.05, 3.63) is 76.2 Å². The molecule has 0 spiro atoms. The second-order valence-corrected chi connectivity index (χ2v) is 5.60. The maximum atomic E-state index is 12.4. The van der Waals surface area contributed by atoms with E-state index in [1.165, 1.54) is 6.08 Å². The molecule has 0 fully saturated rings. The van der Waals surface area contributed by atoms with Crippen LogP contribution in [0.1, 0.15) is 15.9 Å². The van der Waals surface area contributed by atoms with E-state index in [1.54, 1.807) is 6.07 Å². The van der Waals surface area contributed by atoms with E-state index in [2.05, 4.69) is 11.2 Å². The summed E-state index contributed by atoms with van der Waals surface area (Å²) in [4.78, 5) is 34.3. The van der Waals surface area contributed by atoms with Crippen molar-refractivity contribution >= 4 is 33.2 Å². The summed E-state index contributed by atoms with van der Waals surface area (Å²) in [5.74, 6) is -1.43. The normalized spacial score (nSPS) is 13.2. The molecule has 1 aliphatic rings. The molecule has 2 N–H and O–H groups in total. The van der Waals surface area contributed by atoms with E-state index in [9.17, 15) is 14.5 Å². The van der Waals surface area contributed by atoms with Gasteiger partial charge in [-0.05, 0) is 51.7 Å². The Labute approximate surface area is 136 Å². The molecule has 0 aliphatic heterocycles. The summed E-state index contributed by atoms with van der Waals surface area (Å²) in [6.45, 7) is 0. The largest absolute Gasteiger partial charge is 0.412 e. The number of nitrogens with zero attached hydrogens (tertiary/aromatic N) is 1. The number of benzene rings is 3. The zero-order valence-electron chi connectivity index (χ0n) is 12.6. The molecule has 0 radical (unpaired) electrons. The van der Waals surface area contributed by atoms with Crippen molar-refractivity contribution in [3.8, 4) is 0 Å². The molecule has 0 bridgehead atoms. The van der Waals surface area contributed by atoms with Gasteiger partial charge in [-0.2, -0.15) is 0 Å². The molecule has 0 aromatic heterocycles. The summed E-state index contributed by atoms with van der Waals surface area (Å²) in [5.41, 5.74) is 1.20. The highest BCUT2D eigenvalue weighted by Gasteiger charge is 2.26. The number of fused-ring (bicyclic) bond motifs is 3. The van der Waals surface area contributed by atoms with Gasteiger partial charge in [0.1, 0.15) is 0 Å². The van der Waals surface area contributed by atoms with E-state index in [0.29, 0.717) is 12.0 Å². The standard InChI is InChI=1S/C19H11NO3.H2O/c21-18-16(19(22)20-23)6-5-13-9-14-7-11-3-1-2-4-12(11)8-15(14)10-17(13)18;/h1-4,6-10H,5H2;1H2. The molecular weight excluding hydrogens is 306 g/mol. The lowest BCUT2D eigenvalue weighted by molar-refractivity contribution is -0.114. The van der Waals surface area contributed by atoms with Crippen LogP contribution in [0.2, 0.25) is 0 Å². The zero-order valence-corrected chi connectivity index (χ0v) is 12.6. The fourth-order valence-electron chi connectivity index (χ4n) is 3.10. The van der Waals surface area contributed by atoms with Crippen LogP contribution in [0, 0.1) is 4.91 Å². The number of Topliss-reactive ketones (excluding diaryl/α,β-unsaturated/α-hetero) is 1. The minimum atomic E-state index is -1.00. The predicted molar refractivity (Wildman–Crippen MR) is 92.0 cm³/mol. The van der Waals surface area contributed by atoms with Crippen LogP contribution in [0.3, 0.4) is 0 Å². The summed E-state index contributed by atoms with van der Waals surface area (Å²) in [7, 11) is 0. The van der Waals surface area contributed by atoms with Gasteiger partial charge in [-0.15, -0.1) is 4.91 Å². The van der Waals surface area contributed by atoms with Gasteiger partial charge >= 0.3 is 5.91 Å². The van der Waals surface area contributed by atoms with Crippen molar-refractivity contribution in [1.82, 2.24) is 0 Å². The number of rotatable bonds is 1. The molecule has 3 aromatic rings. The van der Waals surface area contributed by atoms with E-state index in [4.69, 9.17) is 0 Å². The third-order valence-corrected chi connectivity index (χ3v) is 4.26. The maximum absolute atomic E-state index is 12.4. The number of hydrogen-bond donors (Lipinski definition) is 0. The van der Waals surface area contributed by atoms with Gasteiger partial charge in [0.2, 0.25) is 0 Å². The van der Waals surface area contributed by atoms with Crippen LogP contribution < -0.4 is 0 Å². The number of carbonyl (C=O) groups excluding carboxylic acids is 2. The number of hydrogen-bond acceptors (Lipinski definition) is 3. The van der Waals surface area contributed by atoms with Crippen LogP contribution in [0.15, 0.2) is 65.4 Å². The minimum Gasteiger partial charge on any atom is -0.412 e. The molecule has 0 atom stereocenters. The molecule has 24 heavy (non-hydrogen) atoms. The molecule has 0 saturated heterocycles. The molecule has 118 valence electrons. The van der Waals surface area contributed by atoms with Crippen molar-refractivity contribution in [3.63, 3.8) is 0 Å². The van der Waals surface area contributed by atoms with E-state index in [1.807, 2.05) is 36.4 Å². The van der Waals surface area contributed by atoms with E-state index >= 15 is 0 Å². The Balaban J connectivity index is 0.00000169. The first kappa shape index (κ1) is 15.7. The summed E-state index contributed by atoms with van der Waals surface area (Å²) in [5, 5.41) is 6.57. The summed E-state index contributed by atoms with van der Waals surface area (Å²) < 4.78 is 0. The Morgan fingerprint density at radius 3 is 2.17 bits per heavy atom. The molecule has 0 heterocycles. The third kappa shape index (κ3) is 2.31. The Hall–Kier alpha value is -3.18. The number of carbonyl (C=O) groups is 2. The van der Waals surface area contributed by atoms with Gasteiger partial charge in [-0.3, -0.25) is 9.59 Å². The smallest absolute Gasteiger partial charge is 0.320 e. The van der Waals surface area contributed by atoms with Crippen molar-refractivity contribution in [2.45, 2.75) is 6.42 Å². The van der Waals surface area contributed by atoms with Gasteiger partial charge in [0.15, 0.2) is 5.78 Å². The van der Waals surface area contributed by atoms with Crippen LogP contribution in [0.4, 0.5) is 0 Å². The quantitative estimate of drug-likeness (QED) is 0.391. The topological polar surface area (TPSA) is 95.1 Å². The third-order valence-electron chi connectivity index (χ3n) is 4.26.